The number of hydrogen-bond donors (Lipinski definition) is 0. The summed E-state index contributed by atoms with van der Waals surface area (Å²) in [5.41, 5.74) is 2.65. The highest BCUT2D eigenvalue weighted by Crippen LogP contribution is 2.39. The van der Waals surface area contributed by atoms with E-state index in [0.717, 1.165) is 49.3 Å². The summed E-state index contributed by atoms with van der Waals surface area (Å²) in [7, 11) is 0. The van der Waals surface area contributed by atoms with Gasteiger partial charge in [0.15, 0.2) is 0 Å². The first kappa shape index (κ1) is 19.5. The molecule has 1 spiro atoms. The van der Waals surface area contributed by atoms with Crippen molar-refractivity contribution in [2.45, 2.75) is 45.6 Å². The van der Waals surface area contributed by atoms with Crippen LogP contribution in [-0.4, -0.2) is 56.2 Å². The Kier molecular flexibility index (Phi) is 5.56. The predicted molar refractivity (Wildman–Crippen MR) is 108 cm³/mol. The molecule has 1 unspecified atom stereocenters. The summed E-state index contributed by atoms with van der Waals surface area (Å²) in [6.07, 6.45) is 10.7. The highest BCUT2D eigenvalue weighted by Gasteiger charge is 2.42. The van der Waals surface area contributed by atoms with Crippen LogP contribution in [0.5, 0.6) is 0 Å². The Morgan fingerprint density at radius 1 is 1.14 bits per heavy atom. The summed E-state index contributed by atoms with van der Waals surface area (Å²) in [6, 6.07) is 3.78. The number of pyridine rings is 1. The van der Waals surface area contributed by atoms with Crippen LogP contribution in [0.3, 0.4) is 0 Å². The van der Waals surface area contributed by atoms with Crippen LogP contribution in [0.25, 0.3) is 0 Å². The molecule has 0 radical (unpaired) electrons. The van der Waals surface area contributed by atoms with Crippen molar-refractivity contribution in [1.82, 2.24) is 24.8 Å². The van der Waals surface area contributed by atoms with Gasteiger partial charge in [0.05, 0.1) is 30.6 Å². The number of hydrogen-bond acceptors (Lipinski definition) is 5. The molecule has 0 bridgehead atoms. The molecule has 0 N–H and O–H groups in total. The molecule has 0 aromatic carbocycles. The maximum absolute atomic E-state index is 12.9. The number of carbonyl (C=O) groups is 2. The van der Waals surface area contributed by atoms with Gasteiger partial charge in [0.2, 0.25) is 11.8 Å². The number of likely N-dealkylation sites (tertiary alicyclic amines) is 2. The number of rotatable bonds is 4. The topological polar surface area (TPSA) is 79.3 Å². The third-order valence-corrected chi connectivity index (χ3v) is 6.05. The Balaban J connectivity index is 1.43. The molecule has 29 heavy (non-hydrogen) atoms. The normalized spacial score (nSPS) is 22.2. The minimum atomic E-state index is -0.0157. The number of aromatic nitrogens is 3. The Morgan fingerprint density at radius 2 is 1.97 bits per heavy atom. The summed E-state index contributed by atoms with van der Waals surface area (Å²) in [5, 5.41) is 0. The lowest BCUT2D eigenvalue weighted by atomic mass is 9.73. The van der Waals surface area contributed by atoms with Gasteiger partial charge in [-0.05, 0) is 43.9 Å². The molecular formula is C22H27N5O2. The van der Waals surface area contributed by atoms with Crippen LogP contribution < -0.4 is 0 Å². The van der Waals surface area contributed by atoms with Gasteiger partial charge < -0.3 is 9.80 Å². The van der Waals surface area contributed by atoms with E-state index in [2.05, 4.69) is 15.0 Å². The molecule has 2 aromatic heterocycles. The Hall–Kier alpha value is -2.83. The van der Waals surface area contributed by atoms with E-state index >= 15 is 0 Å². The van der Waals surface area contributed by atoms with E-state index in [1.807, 2.05) is 28.9 Å². The first-order chi connectivity index (χ1) is 14.0. The molecule has 2 fully saturated rings. The summed E-state index contributed by atoms with van der Waals surface area (Å²) in [5.74, 6) is 0.321. The van der Waals surface area contributed by atoms with Crippen LogP contribution in [-0.2, 0) is 22.6 Å². The number of nitrogens with zero attached hydrogens (tertiary/aromatic N) is 5. The number of amides is 2. The van der Waals surface area contributed by atoms with Gasteiger partial charge in [0, 0.05) is 50.1 Å². The van der Waals surface area contributed by atoms with E-state index in [1.165, 1.54) is 0 Å². The number of aryl methyl sites for hydroxylation is 1. The zero-order chi connectivity index (χ0) is 20.3. The van der Waals surface area contributed by atoms with Gasteiger partial charge in [-0.15, -0.1) is 0 Å². The second kappa shape index (κ2) is 8.27. The lowest BCUT2D eigenvalue weighted by Crippen LogP contribution is -2.55. The molecular weight excluding hydrogens is 366 g/mol. The van der Waals surface area contributed by atoms with Gasteiger partial charge in [-0.25, -0.2) is 0 Å². The van der Waals surface area contributed by atoms with Gasteiger partial charge in [0.1, 0.15) is 0 Å². The lowest BCUT2D eigenvalue weighted by molar-refractivity contribution is -0.143. The van der Waals surface area contributed by atoms with Crippen molar-refractivity contribution < 1.29 is 9.59 Å². The SMILES string of the molecule is Cc1cnc(CN2CC3(CCCN(C(=O)Cc4ccncc4)C3)CCC2=O)cn1. The molecule has 2 amide bonds. The first-order valence-corrected chi connectivity index (χ1v) is 10.3. The molecule has 0 aliphatic carbocycles. The highest BCUT2D eigenvalue weighted by molar-refractivity contribution is 5.79. The molecule has 0 saturated carbocycles. The van der Waals surface area contributed by atoms with E-state index in [9.17, 15) is 9.59 Å². The summed E-state index contributed by atoms with van der Waals surface area (Å²) in [6.45, 7) is 4.58. The minimum absolute atomic E-state index is 0.0157. The Morgan fingerprint density at radius 3 is 2.72 bits per heavy atom. The smallest absolute Gasteiger partial charge is 0.227 e. The molecule has 2 aromatic rings. The van der Waals surface area contributed by atoms with Gasteiger partial charge in [0.25, 0.3) is 0 Å². The third-order valence-electron chi connectivity index (χ3n) is 6.05. The van der Waals surface area contributed by atoms with Crippen molar-refractivity contribution in [3.63, 3.8) is 0 Å². The van der Waals surface area contributed by atoms with E-state index in [0.29, 0.717) is 25.9 Å². The molecule has 7 heteroatoms. The molecule has 2 aliphatic heterocycles. The number of piperidine rings is 2. The first-order valence-electron chi connectivity index (χ1n) is 10.3. The zero-order valence-electron chi connectivity index (χ0n) is 16.9. The molecule has 4 heterocycles. The van der Waals surface area contributed by atoms with Crippen molar-refractivity contribution >= 4 is 11.8 Å². The molecule has 4 rings (SSSR count). The molecule has 1 atom stereocenters. The Labute approximate surface area is 171 Å². The molecule has 2 aliphatic rings. The average molecular weight is 393 g/mol. The summed E-state index contributed by atoms with van der Waals surface area (Å²) < 4.78 is 0. The maximum Gasteiger partial charge on any atom is 0.227 e. The van der Waals surface area contributed by atoms with Crippen LogP contribution in [0.1, 0.15) is 42.6 Å². The van der Waals surface area contributed by atoms with Crippen LogP contribution in [0, 0.1) is 12.3 Å². The number of carbonyl (C=O) groups excluding carboxylic acids is 2. The van der Waals surface area contributed by atoms with E-state index < -0.39 is 0 Å². The van der Waals surface area contributed by atoms with Gasteiger partial charge in [-0.3, -0.25) is 24.5 Å². The average Bonchev–Trinajstić information content (AvgIpc) is 2.73. The third kappa shape index (κ3) is 4.60. The second-order valence-electron chi connectivity index (χ2n) is 8.35. The van der Waals surface area contributed by atoms with Gasteiger partial charge in [-0.2, -0.15) is 0 Å². The molecule has 152 valence electrons. The monoisotopic (exact) mass is 393 g/mol. The predicted octanol–water partition coefficient (Wildman–Crippen LogP) is 2.15. The van der Waals surface area contributed by atoms with Crippen LogP contribution in [0.15, 0.2) is 36.9 Å². The minimum Gasteiger partial charge on any atom is -0.342 e. The lowest BCUT2D eigenvalue weighted by Gasteiger charge is -2.48. The fourth-order valence-corrected chi connectivity index (χ4v) is 4.48. The van der Waals surface area contributed by atoms with Crippen molar-refractivity contribution in [1.29, 1.82) is 0 Å². The van der Waals surface area contributed by atoms with Gasteiger partial charge >= 0.3 is 0 Å². The van der Waals surface area contributed by atoms with E-state index in [1.54, 1.807) is 24.8 Å². The second-order valence-corrected chi connectivity index (χ2v) is 8.35. The summed E-state index contributed by atoms with van der Waals surface area (Å²) >= 11 is 0. The van der Waals surface area contributed by atoms with Crippen LogP contribution in [0.2, 0.25) is 0 Å². The quantitative estimate of drug-likeness (QED) is 0.795. The van der Waals surface area contributed by atoms with Crippen LogP contribution >= 0.6 is 0 Å². The molecule has 7 nitrogen and oxygen atoms in total. The van der Waals surface area contributed by atoms with Crippen molar-refractivity contribution in [2.24, 2.45) is 5.41 Å². The highest BCUT2D eigenvalue weighted by atomic mass is 16.2. The maximum atomic E-state index is 12.9. The van der Waals surface area contributed by atoms with Crippen molar-refractivity contribution in [3.8, 4) is 0 Å². The Bertz CT molecular complexity index is 871. The van der Waals surface area contributed by atoms with Crippen molar-refractivity contribution in [3.05, 3.63) is 53.9 Å². The molecule has 2 saturated heterocycles. The fraction of sp³-hybridized carbons (Fsp3) is 0.500. The van der Waals surface area contributed by atoms with Gasteiger partial charge in [-0.1, -0.05) is 0 Å². The fourth-order valence-electron chi connectivity index (χ4n) is 4.48. The van der Waals surface area contributed by atoms with Crippen molar-refractivity contribution in [2.75, 3.05) is 19.6 Å². The zero-order valence-corrected chi connectivity index (χ0v) is 16.9. The standard InChI is InChI=1S/C22H27N5O2/c1-17-12-25-19(13-24-17)14-27-16-22(7-3-20(27)28)6-2-10-26(15-22)21(29)11-18-4-8-23-9-5-18/h4-5,8-9,12-13H,2-3,6-7,10-11,14-16H2,1H3. The van der Waals surface area contributed by atoms with E-state index in [-0.39, 0.29) is 17.2 Å². The van der Waals surface area contributed by atoms with Crippen LogP contribution in [0.4, 0.5) is 0 Å². The largest absolute Gasteiger partial charge is 0.342 e. The van der Waals surface area contributed by atoms with E-state index in [4.69, 9.17) is 0 Å². The summed E-state index contributed by atoms with van der Waals surface area (Å²) in [4.78, 5) is 42.0.